The van der Waals surface area contributed by atoms with Gasteiger partial charge in [0.05, 0.1) is 13.2 Å². The van der Waals surface area contributed by atoms with Crippen molar-refractivity contribution in [1.29, 1.82) is 0 Å². The number of amides is 1. The highest BCUT2D eigenvalue weighted by atomic mass is 16.6. The van der Waals surface area contributed by atoms with Gasteiger partial charge in [-0.25, -0.2) is 9.59 Å². The van der Waals surface area contributed by atoms with Crippen molar-refractivity contribution in [3.05, 3.63) is 35.9 Å². The standard InChI is InChI=1S/C20H29NO5/c1-19(2,3)10-16(17(22)26-14-20(4)12-24-13-20)21-18(23)25-11-15-8-6-5-7-9-15/h5-9,16H,10-14H2,1-4H3,(H,21,23)/t16-/m0/s1. The number of rotatable bonds is 7. The zero-order valence-electron chi connectivity index (χ0n) is 16.0. The van der Waals surface area contributed by atoms with Crippen LogP contribution in [0.1, 0.15) is 39.7 Å². The Morgan fingerprint density at radius 2 is 1.85 bits per heavy atom. The van der Waals surface area contributed by atoms with Gasteiger partial charge in [-0.2, -0.15) is 0 Å². The maximum absolute atomic E-state index is 12.5. The van der Waals surface area contributed by atoms with Crippen molar-refractivity contribution < 1.29 is 23.8 Å². The van der Waals surface area contributed by atoms with E-state index in [2.05, 4.69) is 5.32 Å². The molecule has 6 nitrogen and oxygen atoms in total. The van der Waals surface area contributed by atoms with Crippen molar-refractivity contribution in [1.82, 2.24) is 5.32 Å². The summed E-state index contributed by atoms with van der Waals surface area (Å²) >= 11 is 0. The van der Waals surface area contributed by atoms with E-state index < -0.39 is 18.1 Å². The topological polar surface area (TPSA) is 73.9 Å². The van der Waals surface area contributed by atoms with Gasteiger partial charge in [0.15, 0.2) is 0 Å². The molecule has 1 saturated heterocycles. The van der Waals surface area contributed by atoms with Crippen LogP contribution in [0.4, 0.5) is 4.79 Å². The molecule has 0 saturated carbocycles. The monoisotopic (exact) mass is 363 g/mol. The molecule has 1 aromatic rings. The van der Waals surface area contributed by atoms with Crippen LogP contribution in [-0.2, 0) is 25.6 Å². The van der Waals surface area contributed by atoms with Crippen LogP contribution in [0.15, 0.2) is 30.3 Å². The van der Waals surface area contributed by atoms with Crippen LogP contribution in [0.25, 0.3) is 0 Å². The molecule has 1 aliphatic rings. The lowest BCUT2D eigenvalue weighted by Crippen LogP contribution is -2.48. The maximum Gasteiger partial charge on any atom is 0.408 e. The third kappa shape index (κ3) is 6.67. The smallest absolute Gasteiger partial charge is 0.408 e. The Bertz CT molecular complexity index is 604. The summed E-state index contributed by atoms with van der Waals surface area (Å²) in [5.41, 5.74) is 0.603. The number of benzene rings is 1. The summed E-state index contributed by atoms with van der Waals surface area (Å²) in [7, 11) is 0. The van der Waals surface area contributed by atoms with E-state index in [9.17, 15) is 9.59 Å². The second-order valence-corrected chi connectivity index (χ2v) is 8.43. The molecule has 0 bridgehead atoms. The molecule has 0 spiro atoms. The van der Waals surface area contributed by atoms with Crippen LogP contribution in [0.3, 0.4) is 0 Å². The SMILES string of the molecule is CC(C)(C)C[C@H](NC(=O)OCc1ccccc1)C(=O)OCC1(C)COC1. The minimum Gasteiger partial charge on any atom is -0.463 e. The molecule has 1 fully saturated rings. The van der Waals surface area contributed by atoms with Crippen LogP contribution in [-0.4, -0.2) is 37.9 Å². The molecule has 0 radical (unpaired) electrons. The lowest BCUT2D eigenvalue weighted by Gasteiger charge is -2.37. The fraction of sp³-hybridized carbons (Fsp3) is 0.600. The average molecular weight is 363 g/mol. The molecule has 1 N–H and O–H groups in total. The van der Waals surface area contributed by atoms with Gasteiger partial charge >= 0.3 is 12.1 Å². The number of hydrogen-bond donors (Lipinski definition) is 1. The summed E-state index contributed by atoms with van der Waals surface area (Å²) in [5.74, 6) is -0.440. The normalized spacial score (nSPS) is 16.9. The van der Waals surface area contributed by atoms with Crippen molar-refractivity contribution >= 4 is 12.1 Å². The Morgan fingerprint density at radius 1 is 1.19 bits per heavy atom. The molecule has 0 unspecified atom stereocenters. The van der Waals surface area contributed by atoms with E-state index in [1.54, 1.807) is 0 Å². The molecule has 2 rings (SSSR count). The van der Waals surface area contributed by atoms with Crippen LogP contribution < -0.4 is 5.32 Å². The van der Waals surface area contributed by atoms with Crippen molar-refractivity contribution in [3.8, 4) is 0 Å². The maximum atomic E-state index is 12.5. The second-order valence-electron chi connectivity index (χ2n) is 8.43. The van der Waals surface area contributed by atoms with E-state index in [1.807, 2.05) is 58.0 Å². The van der Waals surface area contributed by atoms with Gasteiger partial charge < -0.3 is 19.5 Å². The van der Waals surface area contributed by atoms with Crippen LogP contribution in [0.5, 0.6) is 0 Å². The fourth-order valence-corrected chi connectivity index (χ4v) is 2.59. The molecule has 26 heavy (non-hydrogen) atoms. The van der Waals surface area contributed by atoms with E-state index >= 15 is 0 Å². The Balaban J connectivity index is 1.88. The quantitative estimate of drug-likeness (QED) is 0.753. The molecule has 1 atom stereocenters. The Morgan fingerprint density at radius 3 is 2.38 bits per heavy atom. The van der Waals surface area contributed by atoms with Gasteiger partial charge in [-0.05, 0) is 17.4 Å². The Hall–Kier alpha value is -2.08. The van der Waals surface area contributed by atoms with E-state index in [4.69, 9.17) is 14.2 Å². The minimum atomic E-state index is -0.747. The third-order valence-electron chi connectivity index (χ3n) is 4.07. The number of nitrogens with one attached hydrogen (secondary N) is 1. The Labute approximate surface area is 155 Å². The van der Waals surface area contributed by atoms with E-state index in [0.717, 1.165) is 5.56 Å². The van der Waals surface area contributed by atoms with Crippen LogP contribution in [0.2, 0.25) is 0 Å². The highest BCUT2D eigenvalue weighted by Gasteiger charge is 2.36. The number of alkyl carbamates (subject to hydrolysis) is 1. The molecule has 1 aromatic carbocycles. The van der Waals surface area contributed by atoms with Crippen LogP contribution >= 0.6 is 0 Å². The summed E-state index contributed by atoms with van der Waals surface area (Å²) in [4.78, 5) is 24.6. The molecule has 1 amide bonds. The summed E-state index contributed by atoms with van der Waals surface area (Å²) in [5, 5.41) is 2.65. The van der Waals surface area contributed by atoms with E-state index in [-0.39, 0.29) is 24.0 Å². The summed E-state index contributed by atoms with van der Waals surface area (Å²) in [6, 6.07) is 8.64. The van der Waals surface area contributed by atoms with Crippen molar-refractivity contribution in [2.75, 3.05) is 19.8 Å². The number of carbonyl (C=O) groups excluding carboxylic acids is 2. The molecule has 6 heteroatoms. The van der Waals surface area contributed by atoms with Gasteiger partial charge in [-0.15, -0.1) is 0 Å². The molecule has 0 aromatic heterocycles. The van der Waals surface area contributed by atoms with Gasteiger partial charge in [0.1, 0.15) is 19.3 Å². The van der Waals surface area contributed by atoms with Crippen molar-refractivity contribution in [3.63, 3.8) is 0 Å². The molecule has 144 valence electrons. The molecule has 1 heterocycles. The lowest BCUT2D eigenvalue weighted by atomic mass is 9.88. The Kier molecular flexibility index (Phi) is 6.64. The number of esters is 1. The van der Waals surface area contributed by atoms with Crippen molar-refractivity contribution in [2.24, 2.45) is 10.8 Å². The third-order valence-corrected chi connectivity index (χ3v) is 4.07. The summed E-state index contributed by atoms with van der Waals surface area (Å²) in [6.07, 6.45) is -0.169. The first-order valence-electron chi connectivity index (χ1n) is 8.89. The van der Waals surface area contributed by atoms with Crippen molar-refractivity contribution in [2.45, 2.75) is 46.8 Å². The summed E-state index contributed by atoms with van der Waals surface area (Å²) < 4.78 is 15.8. The second kappa shape index (κ2) is 8.54. The fourth-order valence-electron chi connectivity index (χ4n) is 2.59. The molecule has 1 aliphatic heterocycles. The van der Waals surface area contributed by atoms with Gasteiger partial charge in [0.2, 0.25) is 0 Å². The average Bonchev–Trinajstić information content (AvgIpc) is 2.55. The van der Waals surface area contributed by atoms with Gasteiger partial charge in [0, 0.05) is 5.41 Å². The van der Waals surface area contributed by atoms with Gasteiger partial charge in [-0.1, -0.05) is 58.0 Å². The first-order valence-corrected chi connectivity index (χ1v) is 8.89. The molecule has 0 aliphatic carbocycles. The predicted molar refractivity (Wildman–Crippen MR) is 97.5 cm³/mol. The number of ether oxygens (including phenoxy) is 3. The predicted octanol–water partition coefficient (Wildman–Crippen LogP) is 3.30. The first-order chi connectivity index (χ1) is 12.2. The zero-order chi connectivity index (χ0) is 19.2. The zero-order valence-corrected chi connectivity index (χ0v) is 16.0. The van der Waals surface area contributed by atoms with E-state index in [0.29, 0.717) is 19.6 Å². The highest BCUT2D eigenvalue weighted by Crippen LogP contribution is 2.27. The molecular formula is C20H29NO5. The lowest BCUT2D eigenvalue weighted by molar-refractivity contribution is -0.167. The number of carbonyl (C=O) groups is 2. The highest BCUT2D eigenvalue weighted by molar-refractivity contribution is 5.81. The van der Waals surface area contributed by atoms with Gasteiger partial charge in [-0.3, -0.25) is 0 Å². The summed E-state index contributed by atoms with van der Waals surface area (Å²) in [6.45, 7) is 9.62. The first kappa shape index (κ1) is 20.2. The minimum absolute atomic E-state index is 0.129. The van der Waals surface area contributed by atoms with E-state index in [1.165, 1.54) is 0 Å². The molecular weight excluding hydrogens is 334 g/mol. The van der Waals surface area contributed by atoms with Crippen LogP contribution in [0, 0.1) is 10.8 Å². The van der Waals surface area contributed by atoms with Gasteiger partial charge in [0.25, 0.3) is 0 Å². The largest absolute Gasteiger partial charge is 0.463 e. The number of hydrogen-bond acceptors (Lipinski definition) is 5.